The first kappa shape index (κ1) is 11.9. The summed E-state index contributed by atoms with van der Waals surface area (Å²) >= 11 is 3.37. The lowest BCUT2D eigenvalue weighted by Gasteiger charge is -2.06. The number of hydrogen-bond donors (Lipinski definition) is 1. The van der Waals surface area contributed by atoms with Crippen molar-refractivity contribution in [3.8, 4) is 5.69 Å². The normalized spacial score (nSPS) is 10.8. The molecule has 0 unspecified atom stereocenters. The molecule has 1 heterocycles. The van der Waals surface area contributed by atoms with Gasteiger partial charge in [-0.2, -0.15) is 0 Å². The Hall–Kier alpha value is -2.21. The minimum atomic E-state index is -0.962. The first-order valence-electron chi connectivity index (χ1n) is 5.50. The fourth-order valence-electron chi connectivity index (χ4n) is 1.86. The molecule has 94 valence electrons. The molecule has 1 N–H and O–H groups in total. The molecule has 0 saturated carbocycles. The molecule has 5 nitrogen and oxygen atoms in total. The smallest absolute Gasteiger partial charge is 0.335 e. The molecule has 0 aliphatic carbocycles. The van der Waals surface area contributed by atoms with Crippen LogP contribution in [0.2, 0.25) is 0 Å². The van der Waals surface area contributed by atoms with Gasteiger partial charge in [-0.1, -0.05) is 17.3 Å². The second-order valence-electron chi connectivity index (χ2n) is 3.96. The summed E-state index contributed by atoms with van der Waals surface area (Å²) in [7, 11) is 0. The van der Waals surface area contributed by atoms with E-state index in [0.29, 0.717) is 4.47 Å². The molecule has 2 aromatic carbocycles. The minimum Gasteiger partial charge on any atom is -0.478 e. The highest BCUT2D eigenvalue weighted by Crippen LogP contribution is 2.24. The van der Waals surface area contributed by atoms with Crippen LogP contribution in [-0.2, 0) is 0 Å². The Kier molecular flexibility index (Phi) is 2.79. The molecule has 0 aliphatic heterocycles. The molecule has 3 aromatic rings. The number of aromatic nitrogens is 3. The van der Waals surface area contributed by atoms with Gasteiger partial charge >= 0.3 is 5.97 Å². The van der Waals surface area contributed by atoms with Gasteiger partial charge in [0, 0.05) is 4.47 Å². The topological polar surface area (TPSA) is 68.0 Å². The van der Waals surface area contributed by atoms with Gasteiger partial charge in [0.05, 0.1) is 16.8 Å². The lowest BCUT2D eigenvalue weighted by Crippen LogP contribution is -2.01. The van der Waals surface area contributed by atoms with Gasteiger partial charge in [-0.15, -0.1) is 5.10 Å². The van der Waals surface area contributed by atoms with E-state index in [1.54, 1.807) is 22.9 Å². The molecular formula is C13H8BrN3O2. The Morgan fingerprint density at radius 2 is 2.00 bits per heavy atom. The van der Waals surface area contributed by atoms with Crippen LogP contribution in [0.4, 0.5) is 0 Å². The third-order valence-corrected chi connectivity index (χ3v) is 3.41. The predicted molar refractivity (Wildman–Crippen MR) is 73.5 cm³/mol. The Balaban J connectivity index is 2.19. The molecule has 0 spiro atoms. The van der Waals surface area contributed by atoms with Gasteiger partial charge in [0.25, 0.3) is 0 Å². The highest BCUT2D eigenvalue weighted by atomic mass is 79.9. The van der Waals surface area contributed by atoms with E-state index in [1.807, 2.05) is 24.3 Å². The van der Waals surface area contributed by atoms with Crippen LogP contribution in [0.5, 0.6) is 0 Å². The fourth-order valence-corrected chi connectivity index (χ4v) is 2.41. The zero-order valence-electron chi connectivity index (χ0n) is 9.62. The molecule has 6 heteroatoms. The predicted octanol–water partition coefficient (Wildman–Crippen LogP) is 2.88. The summed E-state index contributed by atoms with van der Waals surface area (Å²) < 4.78 is 2.33. The van der Waals surface area contributed by atoms with Crippen molar-refractivity contribution in [1.29, 1.82) is 0 Å². The van der Waals surface area contributed by atoms with Crippen molar-refractivity contribution in [1.82, 2.24) is 15.0 Å². The van der Waals surface area contributed by atoms with Gasteiger partial charge in [0.15, 0.2) is 0 Å². The maximum atomic E-state index is 10.9. The number of carboxylic acid groups (broad SMARTS) is 1. The van der Waals surface area contributed by atoms with Gasteiger partial charge in [-0.25, -0.2) is 9.48 Å². The number of carbonyl (C=O) groups is 1. The van der Waals surface area contributed by atoms with Crippen LogP contribution in [-0.4, -0.2) is 26.1 Å². The first-order chi connectivity index (χ1) is 9.16. The Labute approximate surface area is 116 Å². The largest absolute Gasteiger partial charge is 0.478 e. The van der Waals surface area contributed by atoms with Crippen LogP contribution in [0.3, 0.4) is 0 Å². The maximum Gasteiger partial charge on any atom is 0.335 e. The van der Waals surface area contributed by atoms with E-state index in [4.69, 9.17) is 5.11 Å². The monoisotopic (exact) mass is 317 g/mol. The minimum absolute atomic E-state index is 0.222. The standard InChI is InChI=1S/C13H8BrN3O2/c14-9-7-8(13(18)19)5-6-11(9)17-12-4-2-1-3-10(12)15-16-17/h1-7H,(H,18,19). The number of hydrogen-bond acceptors (Lipinski definition) is 3. The van der Waals surface area contributed by atoms with E-state index in [0.717, 1.165) is 16.7 Å². The first-order valence-corrected chi connectivity index (χ1v) is 6.30. The van der Waals surface area contributed by atoms with Crippen molar-refractivity contribution in [2.24, 2.45) is 0 Å². The number of aromatic carboxylic acids is 1. The average Bonchev–Trinajstić information content (AvgIpc) is 2.82. The van der Waals surface area contributed by atoms with Crippen molar-refractivity contribution in [2.75, 3.05) is 0 Å². The van der Waals surface area contributed by atoms with Crippen molar-refractivity contribution in [3.63, 3.8) is 0 Å². The molecule has 0 bridgehead atoms. The van der Waals surface area contributed by atoms with E-state index in [-0.39, 0.29) is 5.56 Å². The average molecular weight is 318 g/mol. The zero-order valence-corrected chi connectivity index (χ0v) is 11.2. The Bertz CT molecular complexity index is 782. The van der Waals surface area contributed by atoms with Gasteiger partial charge in [0.2, 0.25) is 0 Å². The van der Waals surface area contributed by atoms with Crippen molar-refractivity contribution in [3.05, 3.63) is 52.5 Å². The number of halogens is 1. The maximum absolute atomic E-state index is 10.9. The van der Waals surface area contributed by atoms with Crippen molar-refractivity contribution < 1.29 is 9.90 Å². The van der Waals surface area contributed by atoms with Crippen molar-refractivity contribution in [2.45, 2.75) is 0 Å². The van der Waals surface area contributed by atoms with Crippen LogP contribution in [0.1, 0.15) is 10.4 Å². The van der Waals surface area contributed by atoms with Crippen LogP contribution in [0.25, 0.3) is 16.7 Å². The molecule has 0 saturated heterocycles. The molecule has 0 amide bonds. The number of rotatable bonds is 2. The number of nitrogens with zero attached hydrogens (tertiary/aromatic N) is 3. The van der Waals surface area contributed by atoms with E-state index < -0.39 is 5.97 Å². The summed E-state index contributed by atoms with van der Waals surface area (Å²) in [5.41, 5.74) is 2.63. The van der Waals surface area contributed by atoms with Gasteiger partial charge < -0.3 is 5.11 Å². The SMILES string of the molecule is O=C(O)c1ccc(-n2nnc3ccccc32)c(Br)c1. The molecule has 0 atom stereocenters. The Morgan fingerprint density at radius 1 is 1.21 bits per heavy atom. The lowest BCUT2D eigenvalue weighted by molar-refractivity contribution is 0.0697. The number of para-hydroxylation sites is 1. The van der Waals surface area contributed by atoms with E-state index >= 15 is 0 Å². The van der Waals surface area contributed by atoms with Crippen LogP contribution < -0.4 is 0 Å². The van der Waals surface area contributed by atoms with Crippen molar-refractivity contribution >= 4 is 32.9 Å². The quantitative estimate of drug-likeness (QED) is 0.789. The fraction of sp³-hybridized carbons (Fsp3) is 0. The second-order valence-corrected chi connectivity index (χ2v) is 4.82. The zero-order chi connectivity index (χ0) is 13.4. The molecule has 0 aliphatic rings. The number of benzene rings is 2. The lowest BCUT2D eigenvalue weighted by atomic mass is 10.2. The molecule has 0 radical (unpaired) electrons. The molecule has 1 aromatic heterocycles. The Morgan fingerprint density at radius 3 is 2.74 bits per heavy atom. The summed E-state index contributed by atoms with van der Waals surface area (Å²) in [5.74, 6) is -0.962. The molecular weight excluding hydrogens is 310 g/mol. The van der Waals surface area contributed by atoms with E-state index in [2.05, 4.69) is 26.2 Å². The number of carboxylic acids is 1. The molecule has 3 rings (SSSR count). The van der Waals surface area contributed by atoms with Crippen LogP contribution >= 0.6 is 15.9 Å². The third-order valence-electron chi connectivity index (χ3n) is 2.77. The summed E-state index contributed by atoms with van der Waals surface area (Å²) in [5, 5.41) is 17.1. The van der Waals surface area contributed by atoms with Gasteiger partial charge in [-0.05, 0) is 46.3 Å². The molecule has 0 fully saturated rings. The summed E-state index contributed by atoms with van der Waals surface area (Å²) in [6, 6.07) is 12.4. The highest BCUT2D eigenvalue weighted by Gasteiger charge is 2.11. The number of fused-ring (bicyclic) bond motifs is 1. The van der Waals surface area contributed by atoms with Gasteiger partial charge in [-0.3, -0.25) is 0 Å². The summed E-state index contributed by atoms with van der Waals surface area (Å²) in [6.07, 6.45) is 0. The highest BCUT2D eigenvalue weighted by molar-refractivity contribution is 9.10. The van der Waals surface area contributed by atoms with E-state index in [1.165, 1.54) is 0 Å². The third kappa shape index (κ3) is 2.00. The second kappa shape index (κ2) is 4.47. The van der Waals surface area contributed by atoms with Gasteiger partial charge in [0.1, 0.15) is 5.52 Å². The summed E-state index contributed by atoms with van der Waals surface area (Å²) in [6.45, 7) is 0. The van der Waals surface area contributed by atoms with E-state index in [9.17, 15) is 4.79 Å². The molecule has 19 heavy (non-hydrogen) atoms. The summed E-state index contributed by atoms with van der Waals surface area (Å²) in [4.78, 5) is 10.9. The van der Waals surface area contributed by atoms with Crippen LogP contribution in [0, 0.1) is 0 Å². The van der Waals surface area contributed by atoms with Crippen LogP contribution in [0.15, 0.2) is 46.9 Å².